The van der Waals surface area contributed by atoms with Gasteiger partial charge in [0.15, 0.2) is 5.82 Å². The fourth-order valence-electron chi connectivity index (χ4n) is 1.53. The molecule has 2 aromatic rings. The van der Waals surface area contributed by atoms with Gasteiger partial charge in [-0.25, -0.2) is 13.2 Å². The van der Waals surface area contributed by atoms with Gasteiger partial charge >= 0.3 is 0 Å². The molecule has 0 aliphatic rings. The van der Waals surface area contributed by atoms with Gasteiger partial charge in [-0.3, -0.25) is 4.79 Å². The summed E-state index contributed by atoms with van der Waals surface area (Å²) in [6.07, 6.45) is 0. The third-order valence-corrected chi connectivity index (χ3v) is 3.07. The molecule has 0 atom stereocenters. The standard InChI is InChI=1S/C13H7BrF3NO2/c14-9-3-6(15)4-11(17)12(9)18-13(20)8-2-1-7(19)5-10(8)16/h1-5,19H,(H,18,20). The molecular formula is C13H7BrF3NO2. The number of carbonyl (C=O) groups excluding carboxylic acids is 1. The van der Waals surface area contributed by atoms with Gasteiger partial charge in [0.2, 0.25) is 0 Å². The monoisotopic (exact) mass is 345 g/mol. The number of benzene rings is 2. The summed E-state index contributed by atoms with van der Waals surface area (Å²) in [7, 11) is 0. The van der Waals surface area contributed by atoms with E-state index in [1.54, 1.807) is 0 Å². The predicted octanol–water partition coefficient (Wildman–Crippen LogP) is 3.82. The summed E-state index contributed by atoms with van der Waals surface area (Å²) in [5.41, 5.74) is -0.678. The number of hydrogen-bond acceptors (Lipinski definition) is 2. The molecule has 0 radical (unpaired) electrons. The van der Waals surface area contributed by atoms with Gasteiger partial charge in [-0.15, -0.1) is 0 Å². The second-order valence-electron chi connectivity index (χ2n) is 3.86. The number of aromatic hydroxyl groups is 1. The fourth-order valence-corrected chi connectivity index (χ4v) is 2.04. The molecule has 104 valence electrons. The Morgan fingerprint density at radius 1 is 1.10 bits per heavy atom. The highest BCUT2D eigenvalue weighted by atomic mass is 79.9. The van der Waals surface area contributed by atoms with Crippen molar-refractivity contribution in [1.29, 1.82) is 0 Å². The van der Waals surface area contributed by atoms with Crippen LogP contribution >= 0.6 is 15.9 Å². The molecule has 0 saturated carbocycles. The van der Waals surface area contributed by atoms with Crippen LogP contribution in [0.15, 0.2) is 34.8 Å². The summed E-state index contributed by atoms with van der Waals surface area (Å²) < 4.78 is 39.9. The van der Waals surface area contributed by atoms with E-state index in [4.69, 9.17) is 5.11 Å². The van der Waals surface area contributed by atoms with E-state index >= 15 is 0 Å². The summed E-state index contributed by atoms with van der Waals surface area (Å²) in [6.45, 7) is 0. The molecular weight excluding hydrogens is 339 g/mol. The molecule has 0 fully saturated rings. The number of phenolic OH excluding ortho intramolecular Hbond substituents is 1. The molecule has 0 bridgehead atoms. The van der Waals surface area contributed by atoms with Crippen LogP contribution in [0.5, 0.6) is 5.75 Å². The van der Waals surface area contributed by atoms with Crippen molar-refractivity contribution in [2.45, 2.75) is 0 Å². The third-order valence-electron chi connectivity index (χ3n) is 2.44. The van der Waals surface area contributed by atoms with Crippen LogP contribution < -0.4 is 5.32 Å². The molecule has 1 amide bonds. The topological polar surface area (TPSA) is 49.3 Å². The number of nitrogens with one attached hydrogen (secondary N) is 1. The molecule has 3 nitrogen and oxygen atoms in total. The molecule has 0 aromatic heterocycles. The Balaban J connectivity index is 2.33. The average Bonchev–Trinajstić information content (AvgIpc) is 2.33. The van der Waals surface area contributed by atoms with Crippen LogP contribution in [0.2, 0.25) is 0 Å². The summed E-state index contributed by atoms with van der Waals surface area (Å²) in [6, 6.07) is 4.48. The zero-order valence-electron chi connectivity index (χ0n) is 9.75. The van der Waals surface area contributed by atoms with Crippen LogP contribution in [0.3, 0.4) is 0 Å². The van der Waals surface area contributed by atoms with Crippen LogP contribution in [-0.4, -0.2) is 11.0 Å². The molecule has 2 N–H and O–H groups in total. The van der Waals surface area contributed by atoms with Gasteiger partial charge in [-0.1, -0.05) is 0 Å². The number of halogens is 4. The molecule has 2 rings (SSSR count). The Bertz CT molecular complexity index is 668. The number of rotatable bonds is 2. The van der Waals surface area contributed by atoms with E-state index < -0.39 is 23.4 Å². The van der Waals surface area contributed by atoms with E-state index in [0.717, 1.165) is 24.3 Å². The lowest BCUT2D eigenvalue weighted by molar-refractivity contribution is 0.102. The fraction of sp³-hybridized carbons (Fsp3) is 0. The van der Waals surface area contributed by atoms with Gasteiger partial charge in [0.25, 0.3) is 5.91 Å². The average molecular weight is 346 g/mol. The van der Waals surface area contributed by atoms with Crippen molar-refractivity contribution < 1.29 is 23.1 Å². The van der Waals surface area contributed by atoms with E-state index in [-0.39, 0.29) is 21.5 Å². The smallest absolute Gasteiger partial charge is 0.258 e. The van der Waals surface area contributed by atoms with Crippen LogP contribution in [-0.2, 0) is 0 Å². The first-order valence-corrected chi connectivity index (χ1v) is 6.12. The van der Waals surface area contributed by atoms with Crippen molar-refractivity contribution in [3.05, 3.63) is 57.8 Å². The van der Waals surface area contributed by atoms with E-state index in [9.17, 15) is 18.0 Å². The maximum atomic E-state index is 13.5. The maximum absolute atomic E-state index is 13.5. The van der Waals surface area contributed by atoms with E-state index in [0.29, 0.717) is 6.07 Å². The van der Waals surface area contributed by atoms with Crippen LogP contribution in [0.25, 0.3) is 0 Å². The van der Waals surface area contributed by atoms with Crippen molar-refractivity contribution in [3.8, 4) is 5.75 Å². The minimum absolute atomic E-state index is 0.0115. The Labute approximate surface area is 120 Å². The van der Waals surface area contributed by atoms with Crippen molar-refractivity contribution in [2.75, 3.05) is 5.32 Å². The van der Waals surface area contributed by atoms with Crippen LogP contribution in [0.4, 0.5) is 18.9 Å². The Morgan fingerprint density at radius 3 is 2.40 bits per heavy atom. The van der Waals surface area contributed by atoms with Crippen LogP contribution in [0, 0.1) is 17.5 Å². The molecule has 0 aliphatic carbocycles. The Hall–Kier alpha value is -2.02. The molecule has 2 aromatic carbocycles. The molecule has 0 spiro atoms. The summed E-state index contributed by atoms with van der Waals surface area (Å²) in [5, 5.41) is 11.2. The van der Waals surface area contributed by atoms with Crippen molar-refractivity contribution in [1.82, 2.24) is 0 Å². The third kappa shape index (κ3) is 2.93. The summed E-state index contributed by atoms with van der Waals surface area (Å²) >= 11 is 2.90. The molecule has 0 aliphatic heterocycles. The quantitative estimate of drug-likeness (QED) is 0.869. The van der Waals surface area contributed by atoms with E-state index in [1.807, 2.05) is 0 Å². The zero-order valence-corrected chi connectivity index (χ0v) is 11.3. The highest BCUT2D eigenvalue weighted by Crippen LogP contribution is 2.27. The Morgan fingerprint density at radius 2 is 1.80 bits per heavy atom. The number of phenols is 1. The molecule has 0 unspecified atom stereocenters. The first-order chi connectivity index (χ1) is 9.38. The maximum Gasteiger partial charge on any atom is 0.258 e. The molecule has 7 heteroatoms. The van der Waals surface area contributed by atoms with E-state index in [2.05, 4.69) is 21.2 Å². The van der Waals surface area contributed by atoms with Crippen LogP contribution in [0.1, 0.15) is 10.4 Å². The first-order valence-electron chi connectivity index (χ1n) is 5.33. The van der Waals surface area contributed by atoms with Gasteiger partial charge in [0, 0.05) is 16.6 Å². The molecule has 0 heterocycles. The van der Waals surface area contributed by atoms with Gasteiger partial charge in [-0.2, -0.15) is 0 Å². The molecule has 20 heavy (non-hydrogen) atoms. The number of anilines is 1. The largest absolute Gasteiger partial charge is 0.508 e. The minimum atomic E-state index is -0.996. The second kappa shape index (κ2) is 5.54. The lowest BCUT2D eigenvalue weighted by Crippen LogP contribution is -2.15. The highest BCUT2D eigenvalue weighted by Gasteiger charge is 2.17. The Kier molecular flexibility index (Phi) is 3.99. The van der Waals surface area contributed by atoms with Gasteiger partial charge < -0.3 is 10.4 Å². The number of amides is 1. The van der Waals surface area contributed by atoms with E-state index in [1.165, 1.54) is 0 Å². The lowest BCUT2D eigenvalue weighted by Gasteiger charge is -2.09. The first kappa shape index (κ1) is 14.4. The van der Waals surface area contributed by atoms with Gasteiger partial charge in [0.1, 0.15) is 17.4 Å². The SMILES string of the molecule is O=C(Nc1c(F)cc(F)cc1Br)c1ccc(O)cc1F. The van der Waals surface area contributed by atoms with Crippen molar-refractivity contribution >= 4 is 27.5 Å². The number of hydrogen-bond donors (Lipinski definition) is 2. The predicted molar refractivity (Wildman–Crippen MR) is 70.1 cm³/mol. The van der Waals surface area contributed by atoms with Gasteiger partial charge in [-0.05, 0) is 34.1 Å². The van der Waals surface area contributed by atoms with Crippen molar-refractivity contribution in [3.63, 3.8) is 0 Å². The molecule has 0 saturated heterocycles. The number of carbonyl (C=O) groups is 1. The summed E-state index contributed by atoms with van der Waals surface area (Å²) in [5.74, 6) is -4.03. The lowest BCUT2D eigenvalue weighted by atomic mass is 10.2. The van der Waals surface area contributed by atoms with Gasteiger partial charge in [0.05, 0.1) is 11.3 Å². The highest BCUT2D eigenvalue weighted by molar-refractivity contribution is 9.10. The summed E-state index contributed by atoms with van der Waals surface area (Å²) in [4.78, 5) is 11.8. The minimum Gasteiger partial charge on any atom is -0.508 e. The zero-order chi connectivity index (χ0) is 14.9. The van der Waals surface area contributed by atoms with Crippen molar-refractivity contribution in [2.24, 2.45) is 0 Å². The normalized spacial score (nSPS) is 10.4. The second-order valence-corrected chi connectivity index (χ2v) is 4.72.